The van der Waals surface area contributed by atoms with Crippen molar-refractivity contribution in [2.75, 3.05) is 17.7 Å². The van der Waals surface area contributed by atoms with Crippen LogP contribution in [0.3, 0.4) is 0 Å². The van der Waals surface area contributed by atoms with Crippen molar-refractivity contribution < 1.29 is 24.0 Å². The van der Waals surface area contributed by atoms with Crippen molar-refractivity contribution >= 4 is 52.6 Å². The highest BCUT2D eigenvalue weighted by molar-refractivity contribution is 8.00. The van der Waals surface area contributed by atoms with Crippen molar-refractivity contribution in [2.45, 2.75) is 17.1 Å². The Morgan fingerprint density at radius 3 is 2.28 bits per heavy atom. The Labute approximate surface area is 252 Å². The number of non-ortho nitro benzene ring substituents is 1. The van der Waals surface area contributed by atoms with Crippen LogP contribution in [0.4, 0.5) is 17.1 Å². The fourth-order valence-electron chi connectivity index (χ4n) is 3.85. The van der Waals surface area contributed by atoms with E-state index in [9.17, 15) is 24.5 Å². The molecule has 0 aliphatic heterocycles. The molecule has 0 aliphatic rings. The molecule has 0 aromatic heterocycles. The molecule has 0 radical (unpaired) electrons. The number of anilines is 2. The van der Waals surface area contributed by atoms with Crippen molar-refractivity contribution in [1.82, 2.24) is 5.32 Å². The molecule has 0 bridgehead atoms. The summed E-state index contributed by atoms with van der Waals surface area (Å²) in [5, 5.41) is 18.6. The Morgan fingerprint density at radius 1 is 0.860 bits per heavy atom. The van der Waals surface area contributed by atoms with E-state index < -0.39 is 22.0 Å². The SMILES string of the molecule is COc1cccc(/C=C(\NC(=O)c2ccccc2)C(=O)Nc2cccc(SC(C)C(=O)Nc3ccc([N+](=O)[O-])cc3)c2)c1. The van der Waals surface area contributed by atoms with Gasteiger partial charge < -0.3 is 20.7 Å². The zero-order valence-electron chi connectivity index (χ0n) is 23.3. The second-order valence-corrected chi connectivity index (χ2v) is 10.6. The molecule has 4 aromatic carbocycles. The van der Waals surface area contributed by atoms with E-state index in [2.05, 4.69) is 16.0 Å². The molecule has 0 saturated heterocycles. The fraction of sp³-hybridized carbons (Fsp3) is 0.0938. The maximum atomic E-state index is 13.4. The van der Waals surface area contributed by atoms with Gasteiger partial charge >= 0.3 is 0 Å². The summed E-state index contributed by atoms with van der Waals surface area (Å²) < 4.78 is 5.28. The maximum absolute atomic E-state index is 13.4. The quantitative estimate of drug-likeness (QED) is 0.0819. The van der Waals surface area contributed by atoms with Crippen molar-refractivity contribution in [3.63, 3.8) is 0 Å². The molecular weight excluding hydrogens is 568 g/mol. The van der Waals surface area contributed by atoms with Gasteiger partial charge in [0.05, 0.1) is 17.3 Å². The van der Waals surface area contributed by atoms with Crippen LogP contribution in [0.5, 0.6) is 5.75 Å². The highest BCUT2D eigenvalue weighted by Crippen LogP contribution is 2.27. The summed E-state index contributed by atoms with van der Waals surface area (Å²) in [6, 6.07) is 28.2. The molecule has 0 aliphatic carbocycles. The Balaban J connectivity index is 1.47. The lowest BCUT2D eigenvalue weighted by Gasteiger charge is -2.14. The lowest BCUT2D eigenvalue weighted by Crippen LogP contribution is -2.30. The normalized spacial score (nSPS) is 11.6. The van der Waals surface area contributed by atoms with Gasteiger partial charge in [0.1, 0.15) is 11.4 Å². The first kappa shape index (κ1) is 30.5. The number of carbonyl (C=O) groups is 3. The molecule has 218 valence electrons. The van der Waals surface area contributed by atoms with Crippen molar-refractivity contribution in [3.8, 4) is 5.75 Å². The van der Waals surface area contributed by atoms with Crippen molar-refractivity contribution in [3.05, 3.63) is 130 Å². The van der Waals surface area contributed by atoms with Crippen LogP contribution in [0, 0.1) is 10.1 Å². The second kappa shape index (κ2) is 14.5. The number of nitrogens with zero attached hydrogens (tertiary/aromatic N) is 1. The van der Waals surface area contributed by atoms with Crippen LogP contribution in [0.1, 0.15) is 22.8 Å². The number of hydrogen-bond donors (Lipinski definition) is 3. The molecule has 3 N–H and O–H groups in total. The van der Waals surface area contributed by atoms with Gasteiger partial charge in [-0.25, -0.2) is 0 Å². The van der Waals surface area contributed by atoms with Crippen molar-refractivity contribution in [2.24, 2.45) is 0 Å². The molecule has 4 aromatic rings. The zero-order valence-corrected chi connectivity index (χ0v) is 24.1. The monoisotopic (exact) mass is 596 g/mol. The van der Waals surface area contributed by atoms with E-state index >= 15 is 0 Å². The minimum absolute atomic E-state index is 0.0241. The van der Waals surface area contributed by atoms with E-state index in [4.69, 9.17) is 4.74 Å². The van der Waals surface area contributed by atoms with E-state index in [1.807, 2.05) is 0 Å². The number of nitrogens with one attached hydrogen (secondary N) is 3. The Kier molecular flexibility index (Phi) is 10.3. The molecule has 1 unspecified atom stereocenters. The molecule has 11 heteroatoms. The average molecular weight is 597 g/mol. The summed E-state index contributed by atoms with van der Waals surface area (Å²) in [7, 11) is 1.54. The van der Waals surface area contributed by atoms with Crippen LogP contribution in [0.25, 0.3) is 6.08 Å². The lowest BCUT2D eigenvalue weighted by molar-refractivity contribution is -0.384. The van der Waals surface area contributed by atoms with E-state index in [1.54, 1.807) is 99.0 Å². The fourth-order valence-corrected chi connectivity index (χ4v) is 4.78. The van der Waals surface area contributed by atoms with Gasteiger partial charge in [0.2, 0.25) is 5.91 Å². The molecule has 10 nitrogen and oxygen atoms in total. The highest BCUT2D eigenvalue weighted by atomic mass is 32.2. The van der Waals surface area contributed by atoms with E-state index in [1.165, 1.54) is 36.0 Å². The molecule has 1 atom stereocenters. The molecule has 3 amide bonds. The number of benzene rings is 4. The van der Waals surface area contributed by atoms with Gasteiger partial charge in [0, 0.05) is 34.0 Å². The van der Waals surface area contributed by atoms with Gasteiger partial charge in [-0.05, 0) is 73.2 Å². The summed E-state index contributed by atoms with van der Waals surface area (Å²) in [5.41, 5.74) is 1.90. The number of rotatable bonds is 11. The van der Waals surface area contributed by atoms with Crippen LogP contribution in [0.2, 0.25) is 0 Å². The standard InChI is InChI=1S/C32H28N4O6S/c1-21(30(37)33-24-14-16-26(17-15-24)36(40)41)43-28-13-7-11-25(20-28)34-32(39)29(19-22-8-6-12-27(18-22)42-2)35-31(38)23-9-4-3-5-10-23/h3-21H,1-2H3,(H,33,37)(H,34,39)(H,35,38)/b29-19-. The number of methoxy groups -OCH3 is 1. The van der Waals surface area contributed by atoms with Gasteiger partial charge in [0.15, 0.2) is 0 Å². The summed E-state index contributed by atoms with van der Waals surface area (Å²) in [5.74, 6) is -0.681. The molecule has 0 heterocycles. The van der Waals surface area contributed by atoms with Gasteiger partial charge in [0.25, 0.3) is 17.5 Å². The Morgan fingerprint density at radius 2 is 1.58 bits per heavy atom. The minimum Gasteiger partial charge on any atom is -0.497 e. The highest BCUT2D eigenvalue weighted by Gasteiger charge is 2.18. The van der Waals surface area contributed by atoms with Crippen LogP contribution in [0.15, 0.2) is 114 Å². The Bertz CT molecular complexity index is 1660. The van der Waals surface area contributed by atoms with E-state index in [0.29, 0.717) is 28.3 Å². The summed E-state index contributed by atoms with van der Waals surface area (Å²) in [6.45, 7) is 1.73. The molecule has 43 heavy (non-hydrogen) atoms. The van der Waals surface area contributed by atoms with Gasteiger partial charge in [-0.1, -0.05) is 36.4 Å². The molecule has 0 fully saturated rings. The van der Waals surface area contributed by atoms with E-state index in [-0.39, 0.29) is 17.3 Å². The average Bonchev–Trinajstić information content (AvgIpc) is 3.01. The molecule has 0 saturated carbocycles. The van der Waals surface area contributed by atoms with E-state index in [0.717, 1.165) is 4.90 Å². The first-order valence-electron chi connectivity index (χ1n) is 13.1. The minimum atomic E-state index is -0.543. The predicted molar refractivity (Wildman–Crippen MR) is 167 cm³/mol. The van der Waals surface area contributed by atoms with Crippen LogP contribution in [-0.2, 0) is 9.59 Å². The number of nitro groups is 1. The van der Waals surface area contributed by atoms with Crippen LogP contribution >= 0.6 is 11.8 Å². The largest absolute Gasteiger partial charge is 0.497 e. The smallest absolute Gasteiger partial charge is 0.272 e. The first-order chi connectivity index (χ1) is 20.7. The number of hydrogen-bond acceptors (Lipinski definition) is 7. The first-order valence-corrected chi connectivity index (χ1v) is 14.0. The maximum Gasteiger partial charge on any atom is 0.272 e. The number of nitro benzene ring substituents is 1. The number of amides is 3. The zero-order chi connectivity index (χ0) is 30.8. The molecule has 0 spiro atoms. The Hall–Kier alpha value is -5.42. The van der Waals surface area contributed by atoms with Gasteiger partial charge in [-0.15, -0.1) is 11.8 Å². The summed E-state index contributed by atoms with van der Waals surface area (Å²) >= 11 is 1.27. The predicted octanol–water partition coefficient (Wildman–Crippen LogP) is 6.13. The van der Waals surface area contributed by atoms with Crippen LogP contribution in [-0.4, -0.2) is 35.0 Å². The van der Waals surface area contributed by atoms with Crippen molar-refractivity contribution in [1.29, 1.82) is 0 Å². The lowest BCUT2D eigenvalue weighted by atomic mass is 10.1. The topological polar surface area (TPSA) is 140 Å². The third-order valence-electron chi connectivity index (χ3n) is 6.05. The molecule has 4 rings (SSSR count). The molecular formula is C32H28N4O6S. The number of carbonyl (C=O) groups excluding carboxylic acids is 3. The number of thioether (sulfide) groups is 1. The second-order valence-electron chi connectivity index (χ2n) is 9.19. The third-order valence-corrected chi connectivity index (χ3v) is 7.15. The van der Waals surface area contributed by atoms with Crippen LogP contribution < -0.4 is 20.7 Å². The summed E-state index contributed by atoms with van der Waals surface area (Å²) in [6.07, 6.45) is 1.56. The number of ether oxygens (including phenoxy) is 1. The third kappa shape index (κ3) is 8.78. The summed E-state index contributed by atoms with van der Waals surface area (Å²) in [4.78, 5) is 50.1. The van der Waals surface area contributed by atoms with Gasteiger partial charge in [-0.3, -0.25) is 24.5 Å². The van der Waals surface area contributed by atoms with Gasteiger partial charge in [-0.2, -0.15) is 0 Å².